The molecule has 0 spiro atoms. The lowest BCUT2D eigenvalue weighted by Gasteiger charge is -2.24. The fourth-order valence-corrected chi connectivity index (χ4v) is 9.95. The predicted octanol–water partition coefficient (Wildman–Crippen LogP) is 14.3. The van der Waals surface area contributed by atoms with Crippen LogP contribution in [0.15, 0.2) is 234 Å². The van der Waals surface area contributed by atoms with E-state index in [1.165, 1.54) is 59.6 Å². The van der Waals surface area contributed by atoms with Crippen LogP contribution in [-0.4, -0.2) is 20.8 Å². The third-order valence-electron chi connectivity index (χ3n) is 13.0. The van der Waals surface area contributed by atoms with E-state index in [9.17, 15) is 0 Å². The highest BCUT2D eigenvalue weighted by atomic mass is 15.2. The van der Waals surface area contributed by atoms with Gasteiger partial charge in [-0.1, -0.05) is 170 Å². The number of amidine groups is 2. The number of hydrogen-bond donors (Lipinski definition) is 1. The topological polar surface area (TPSA) is 46.6 Å². The van der Waals surface area contributed by atoms with Gasteiger partial charge in [0.25, 0.3) is 0 Å². The lowest BCUT2D eigenvalue weighted by Crippen LogP contribution is -2.33. The Bertz CT molecular complexity index is 3750. The Morgan fingerprint density at radius 1 is 0.359 bits per heavy atom. The summed E-state index contributed by atoms with van der Waals surface area (Å²) in [5, 5.41) is 13.8. The molecule has 0 amide bonds. The highest BCUT2D eigenvalue weighted by Crippen LogP contribution is 2.41. The van der Waals surface area contributed by atoms with E-state index in [1.807, 2.05) is 18.2 Å². The van der Waals surface area contributed by atoms with Crippen molar-refractivity contribution < 1.29 is 0 Å². The minimum Gasteiger partial charge on any atom is -0.344 e. The van der Waals surface area contributed by atoms with Crippen molar-refractivity contribution in [1.29, 1.82) is 0 Å². The number of aromatic nitrogens is 2. The zero-order valence-electron chi connectivity index (χ0n) is 34.7. The Hall–Kier alpha value is -8.54. The van der Waals surface area contributed by atoms with Crippen LogP contribution in [0.4, 0.5) is 0 Å². The van der Waals surface area contributed by atoms with Crippen LogP contribution >= 0.6 is 0 Å². The molecule has 1 N–H and O–H groups in total. The maximum atomic E-state index is 5.22. The Labute approximate surface area is 369 Å². The summed E-state index contributed by atoms with van der Waals surface area (Å²) in [5.74, 6) is 1.50. The SMILES string of the molecule is c1ccc(C2=NC(c3ccc4c(c3)c3ccccc3n4-c3ccccc3)NC(c3ccc(-c4ccc(-n5c6ccc7ccccc7c6c6c7ccccc7ccc65)cc4)cc3)=N2)cc1. The molecule has 1 aliphatic rings. The number of para-hydroxylation sites is 2. The Balaban J connectivity index is 0.854. The highest BCUT2D eigenvalue weighted by molar-refractivity contribution is 6.28. The van der Waals surface area contributed by atoms with Crippen molar-refractivity contribution in [3.8, 4) is 22.5 Å². The van der Waals surface area contributed by atoms with Gasteiger partial charge in [-0.2, -0.15) is 0 Å². The summed E-state index contributed by atoms with van der Waals surface area (Å²) in [7, 11) is 0. The molecule has 3 heterocycles. The molecule has 1 unspecified atom stereocenters. The number of hydrogen-bond acceptors (Lipinski definition) is 3. The third-order valence-corrected chi connectivity index (χ3v) is 13.0. The Kier molecular flexibility index (Phi) is 8.21. The lowest BCUT2D eigenvalue weighted by molar-refractivity contribution is 0.675. The van der Waals surface area contributed by atoms with Gasteiger partial charge in [-0.25, -0.2) is 9.98 Å². The van der Waals surface area contributed by atoms with Gasteiger partial charge in [-0.3, -0.25) is 0 Å². The van der Waals surface area contributed by atoms with Gasteiger partial charge in [0.05, 0.1) is 22.1 Å². The zero-order chi connectivity index (χ0) is 42.1. The maximum Gasteiger partial charge on any atom is 0.159 e. The second kappa shape index (κ2) is 14.5. The maximum absolute atomic E-state index is 5.22. The van der Waals surface area contributed by atoms with Crippen molar-refractivity contribution in [3.63, 3.8) is 0 Å². The number of aliphatic imine (C=N–C) groups is 2. The number of nitrogens with zero attached hydrogens (tertiary/aromatic N) is 4. The van der Waals surface area contributed by atoms with E-state index >= 15 is 0 Å². The lowest BCUT2D eigenvalue weighted by atomic mass is 10.00. The summed E-state index contributed by atoms with van der Waals surface area (Å²) in [6.07, 6.45) is -0.338. The fraction of sp³-hybridized carbons (Fsp3) is 0.0169. The molecule has 0 aliphatic carbocycles. The number of fused-ring (bicyclic) bond motifs is 10. The van der Waals surface area contributed by atoms with Gasteiger partial charge < -0.3 is 14.5 Å². The van der Waals surface area contributed by atoms with Crippen molar-refractivity contribution in [3.05, 3.63) is 241 Å². The molecule has 0 fully saturated rings. The summed E-state index contributed by atoms with van der Waals surface area (Å²) >= 11 is 0. The summed E-state index contributed by atoms with van der Waals surface area (Å²) in [5.41, 5.74) is 12.4. The van der Waals surface area contributed by atoms with E-state index in [0.717, 1.165) is 50.5 Å². The van der Waals surface area contributed by atoms with E-state index in [-0.39, 0.29) is 6.17 Å². The molecule has 0 saturated heterocycles. The molecule has 0 radical (unpaired) electrons. The normalized spacial score (nSPS) is 14.1. The van der Waals surface area contributed by atoms with Gasteiger partial charge in [0.15, 0.2) is 5.84 Å². The van der Waals surface area contributed by atoms with Crippen LogP contribution < -0.4 is 5.32 Å². The molecule has 1 aliphatic heterocycles. The monoisotopic (exact) mass is 817 g/mol. The second-order valence-corrected chi connectivity index (χ2v) is 16.6. The van der Waals surface area contributed by atoms with Crippen LogP contribution in [0.1, 0.15) is 22.9 Å². The number of nitrogens with one attached hydrogen (secondary N) is 1. The third kappa shape index (κ3) is 5.79. The second-order valence-electron chi connectivity index (χ2n) is 16.6. The number of rotatable bonds is 6. The van der Waals surface area contributed by atoms with Crippen LogP contribution in [-0.2, 0) is 0 Å². The molecule has 12 aromatic rings. The summed E-state index contributed by atoms with van der Waals surface area (Å²) in [6.45, 7) is 0. The zero-order valence-corrected chi connectivity index (χ0v) is 34.7. The molecule has 64 heavy (non-hydrogen) atoms. The molecule has 0 bridgehead atoms. The molecule has 300 valence electrons. The molecule has 2 aromatic heterocycles. The van der Waals surface area contributed by atoms with Crippen LogP contribution in [0, 0.1) is 0 Å². The molecule has 5 heteroatoms. The van der Waals surface area contributed by atoms with Crippen molar-refractivity contribution >= 4 is 76.8 Å². The van der Waals surface area contributed by atoms with Gasteiger partial charge >= 0.3 is 0 Å². The molecular formula is C59H39N5. The smallest absolute Gasteiger partial charge is 0.159 e. The first-order valence-electron chi connectivity index (χ1n) is 21.9. The van der Waals surface area contributed by atoms with Gasteiger partial charge in [0.2, 0.25) is 0 Å². The first kappa shape index (κ1) is 36.1. The number of benzene rings is 10. The highest BCUT2D eigenvalue weighted by Gasteiger charge is 2.23. The van der Waals surface area contributed by atoms with Gasteiger partial charge in [-0.15, -0.1) is 0 Å². The molecule has 5 nitrogen and oxygen atoms in total. The standard InChI is InChI=1S/C59H39N5/c1-3-15-42(16-4-1)57-60-58(62-59(61-57)44-31-34-52-50(37-44)49-21-11-12-22-51(49)63(52)45-17-5-2-6-18-45)43-25-23-38(24-26-43)39-27-32-46(33-28-39)64-53-35-29-40-13-7-9-19-47(40)55(53)56-48-20-10-8-14-41(48)30-36-54(56)64/h1-37,59H,(H,60,61,62). The van der Waals surface area contributed by atoms with E-state index in [2.05, 4.69) is 221 Å². The van der Waals surface area contributed by atoms with Gasteiger partial charge in [0.1, 0.15) is 12.0 Å². The average molecular weight is 818 g/mol. The van der Waals surface area contributed by atoms with Crippen molar-refractivity contribution in [2.75, 3.05) is 0 Å². The largest absolute Gasteiger partial charge is 0.344 e. The van der Waals surface area contributed by atoms with E-state index < -0.39 is 0 Å². The molecule has 10 aromatic carbocycles. The molecule has 13 rings (SSSR count). The van der Waals surface area contributed by atoms with E-state index in [0.29, 0.717) is 5.84 Å². The van der Waals surface area contributed by atoms with Crippen molar-refractivity contribution in [2.45, 2.75) is 6.17 Å². The van der Waals surface area contributed by atoms with E-state index in [4.69, 9.17) is 9.98 Å². The van der Waals surface area contributed by atoms with Crippen LogP contribution in [0.3, 0.4) is 0 Å². The minimum atomic E-state index is -0.338. The Morgan fingerprint density at radius 3 is 1.53 bits per heavy atom. The quantitative estimate of drug-likeness (QED) is 0.178. The minimum absolute atomic E-state index is 0.338. The fourth-order valence-electron chi connectivity index (χ4n) is 9.95. The predicted molar refractivity (Wildman–Crippen MR) is 267 cm³/mol. The van der Waals surface area contributed by atoms with Crippen molar-refractivity contribution in [2.24, 2.45) is 9.98 Å². The van der Waals surface area contributed by atoms with Gasteiger partial charge in [0, 0.05) is 44.0 Å². The summed E-state index contributed by atoms with van der Waals surface area (Å²) in [6, 6.07) is 80.4. The molecule has 0 saturated carbocycles. The van der Waals surface area contributed by atoms with E-state index in [1.54, 1.807) is 0 Å². The first-order chi connectivity index (χ1) is 31.7. The van der Waals surface area contributed by atoms with Crippen molar-refractivity contribution in [1.82, 2.24) is 14.5 Å². The van der Waals surface area contributed by atoms with Crippen LogP contribution in [0.2, 0.25) is 0 Å². The van der Waals surface area contributed by atoms with Gasteiger partial charge in [-0.05, 0) is 92.8 Å². The summed E-state index contributed by atoms with van der Waals surface area (Å²) < 4.78 is 4.77. The summed E-state index contributed by atoms with van der Waals surface area (Å²) in [4.78, 5) is 10.4. The van der Waals surface area contributed by atoms with Crippen LogP contribution in [0.5, 0.6) is 0 Å². The Morgan fingerprint density at radius 2 is 0.859 bits per heavy atom. The molecule has 1 atom stereocenters. The first-order valence-corrected chi connectivity index (χ1v) is 21.9. The molecular weight excluding hydrogens is 779 g/mol. The average Bonchev–Trinajstić information content (AvgIpc) is 3.90. The van der Waals surface area contributed by atoms with Crippen LogP contribution in [0.25, 0.3) is 87.7 Å².